The van der Waals surface area contributed by atoms with Crippen LogP contribution in [-0.4, -0.2) is 21.1 Å². The molecule has 2 aromatic rings. The molecule has 0 aliphatic carbocycles. The van der Waals surface area contributed by atoms with Crippen molar-refractivity contribution in [3.63, 3.8) is 0 Å². The summed E-state index contributed by atoms with van der Waals surface area (Å²) in [4.78, 5) is 26.1. The zero-order valence-corrected chi connectivity index (χ0v) is 9.63. The third kappa shape index (κ3) is 2.65. The molecule has 1 N–H and O–H groups in total. The minimum absolute atomic E-state index is 0.0205. The molecule has 0 aliphatic rings. The van der Waals surface area contributed by atoms with Crippen LogP contribution in [0.25, 0.3) is 0 Å². The standard InChI is InChI=1S/C12H9N3O4/c16-12(17)14(9-4-2-1-3-5-9)11-8-10(15(18)19)6-7-13-11/h1-8H,(H,16,17). The van der Waals surface area contributed by atoms with Crippen LogP contribution in [0.1, 0.15) is 0 Å². The lowest BCUT2D eigenvalue weighted by molar-refractivity contribution is -0.384. The number of hydrogen-bond donors (Lipinski definition) is 1. The van der Waals surface area contributed by atoms with Crippen LogP contribution in [0, 0.1) is 10.1 Å². The number of amides is 1. The van der Waals surface area contributed by atoms with E-state index in [2.05, 4.69) is 4.98 Å². The van der Waals surface area contributed by atoms with Gasteiger partial charge in [0, 0.05) is 12.3 Å². The number of anilines is 2. The molecule has 0 radical (unpaired) electrons. The van der Waals surface area contributed by atoms with Gasteiger partial charge in [-0.1, -0.05) is 18.2 Å². The van der Waals surface area contributed by atoms with Gasteiger partial charge in [-0.3, -0.25) is 10.1 Å². The topological polar surface area (TPSA) is 96.6 Å². The van der Waals surface area contributed by atoms with Gasteiger partial charge in [-0.2, -0.15) is 0 Å². The number of carboxylic acid groups (broad SMARTS) is 1. The van der Waals surface area contributed by atoms with Crippen LogP contribution >= 0.6 is 0 Å². The summed E-state index contributed by atoms with van der Waals surface area (Å²) in [5.74, 6) is -0.0205. The van der Waals surface area contributed by atoms with Crippen molar-refractivity contribution in [2.45, 2.75) is 0 Å². The summed E-state index contributed by atoms with van der Waals surface area (Å²) in [7, 11) is 0. The fraction of sp³-hybridized carbons (Fsp3) is 0. The molecule has 0 saturated carbocycles. The van der Waals surface area contributed by atoms with Crippen LogP contribution in [0.15, 0.2) is 48.7 Å². The van der Waals surface area contributed by atoms with E-state index in [9.17, 15) is 20.0 Å². The minimum atomic E-state index is -1.26. The first-order chi connectivity index (χ1) is 9.09. The molecule has 96 valence electrons. The summed E-state index contributed by atoms with van der Waals surface area (Å²) in [6, 6.07) is 10.6. The van der Waals surface area contributed by atoms with E-state index in [1.54, 1.807) is 30.3 Å². The van der Waals surface area contributed by atoms with Gasteiger partial charge in [-0.15, -0.1) is 0 Å². The number of aromatic nitrogens is 1. The molecule has 0 unspecified atom stereocenters. The van der Waals surface area contributed by atoms with Gasteiger partial charge in [-0.05, 0) is 12.1 Å². The van der Waals surface area contributed by atoms with E-state index in [-0.39, 0.29) is 11.5 Å². The molecule has 1 aromatic heterocycles. The molecule has 1 heterocycles. The zero-order valence-electron chi connectivity index (χ0n) is 9.63. The number of nitro groups is 1. The van der Waals surface area contributed by atoms with Crippen molar-refractivity contribution in [1.82, 2.24) is 4.98 Å². The first kappa shape index (κ1) is 12.5. The number of hydrogen-bond acceptors (Lipinski definition) is 4. The van der Waals surface area contributed by atoms with Crippen LogP contribution in [0.2, 0.25) is 0 Å². The molecule has 0 aliphatic heterocycles. The highest BCUT2D eigenvalue weighted by Crippen LogP contribution is 2.25. The second-order valence-electron chi connectivity index (χ2n) is 3.58. The average Bonchev–Trinajstić information content (AvgIpc) is 2.40. The molecular weight excluding hydrogens is 250 g/mol. The molecular formula is C12H9N3O4. The Labute approximate surface area is 107 Å². The second-order valence-corrected chi connectivity index (χ2v) is 3.58. The van der Waals surface area contributed by atoms with Crippen molar-refractivity contribution >= 4 is 23.3 Å². The maximum Gasteiger partial charge on any atom is 0.417 e. The molecule has 7 nitrogen and oxygen atoms in total. The molecule has 1 amide bonds. The van der Waals surface area contributed by atoms with E-state index in [1.165, 1.54) is 12.3 Å². The highest BCUT2D eigenvalue weighted by molar-refractivity contribution is 5.93. The Balaban J connectivity index is 2.49. The van der Waals surface area contributed by atoms with Crippen LogP contribution in [0.4, 0.5) is 22.0 Å². The Morgan fingerprint density at radius 1 is 1.26 bits per heavy atom. The van der Waals surface area contributed by atoms with Gasteiger partial charge >= 0.3 is 6.09 Å². The van der Waals surface area contributed by atoms with E-state index in [0.717, 1.165) is 11.0 Å². The SMILES string of the molecule is O=C(O)N(c1ccccc1)c1cc([N+](=O)[O-])ccn1. The summed E-state index contributed by atoms with van der Waals surface area (Å²) in [5.41, 5.74) is 0.148. The number of carbonyl (C=O) groups is 1. The van der Waals surface area contributed by atoms with Gasteiger partial charge in [0.05, 0.1) is 16.7 Å². The Hall–Kier alpha value is -2.96. The molecule has 0 fully saturated rings. The van der Waals surface area contributed by atoms with Gasteiger partial charge in [-0.25, -0.2) is 14.7 Å². The number of rotatable bonds is 3. The van der Waals surface area contributed by atoms with Gasteiger partial charge in [0.25, 0.3) is 5.69 Å². The largest absolute Gasteiger partial charge is 0.464 e. The van der Waals surface area contributed by atoms with Crippen molar-refractivity contribution in [2.75, 3.05) is 4.90 Å². The lowest BCUT2D eigenvalue weighted by Crippen LogP contribution is -2.24. The maximum absolute atomic E-state index is 11.3. The summed E-state index contributed by atoms with van der Waals surface area (Å²) in [5, 5.41) is 19.9. The molecule has 7 heteroatoms. The molecule has 0 spiro atoms. The van der Waals surface area contributed by atoms with Crippen LogP contribution in [0.5, 0.6) is 0 Å². The molecule has 0 saturated heterocycles. The van der Waals surface area contributed by atoms with Gasteiger partial charge in [0.1, 0.15) is 5.82 Å². The van der Waals surface area contributed by atoms with Gasteiger partial charge in [0.15, 0.2) is 0 Å². The van der Waals surface area contributed by atoms with Crippen molar-refractivity contribution in [2.24, 2.45) is 0 Å². The predicted molar refractivity (Wildman–Crippen MR) is 67.5 cm³/mol. The first-order valence-corrected chi connectivity index (χ1v) is 5.28. The summed E-state index contributed by atoms with van der Waals surface area (Å²) >= 11 is 0. The molecule has 2 rings (SSSR count). The van der Waals surface area contributed by atoms with Crippen molar-refractivity contribution in [3.8, 4) is 0 Å². The first-order valence-electron chi connectivity index (χ1n) is 5.28. The number of para-hydroxylation sites is 1. The number of nitrogens with zero attached hydrogens (tertiary/aromatic N) is 3. The maximum atomic E-state index is 11.3. The van der Waals surface area contributed by atoms with Crippen LogP contribution in [0.3, 0.4) is 0 Å². The smallest absolute Gasteiger partial charge is 0.417 e. The Morgan fingerprint density at radius 3 is 2.53 bits per heavy atom. The van der Waals surface area contributed by atoms with E-state index in [4.69, 9.17) is 0 Å². The number of pyridine rings is 1. The molecule has 19 heavy (non-hydrogen) atoms. The summed E-state index contributed by atoms with van der Waals surface area (Å²) in [6.07, 6.45) is -0.0639. The van der Waals surface area contributed by atoms with Gasteiger partial charge in [0.2, 0.25) is 0 Å². The van der Waals surface area contributed by atoms with Crippen molar-refractivity contribution in [1.29, 1.82) is 0 Å². The van der Waals surface area contributed by atoms with Crippen LogP contribution < -0.4 is 4.90 Å². The molecule has 0 bridgehead atoms. The predicted octanol–water partition coefficient (Wildman–Crippen LogP) is 2.81. The molecule has 1 aromatic carbocycles. The summed E-state index contributed by atoms with van der Waals surface area (Å²) < 4.78 is 0. The highest BCUT2D eigenvalue weighted by Gasteiger charge is 2.20. The van der Waals surface area contributed by atoms with Crippen molar-refractivity contribution < 1.29 is 14.8 Å². The quantitative estimate of drug-likeness (QED) is 0.675. The average molecular weight is 259 g/mol. The fourth-order valence-corrected chi connectivity index (χ4v) is 1.56. The lowest BCUT2D eigenvalue weighted by atomic mass is 10.3. The Bertz CT molecular complexity index is 615. The summed E-state index contributed by atoms with van der Waals surface area (Å²) in [6.45, 7) is 0. The van der Waals surface area contributed by atoms with E-state index >= 15 is 0 Å². The Morgan fingerprint density at radius 2 is 1.95 bits per heavy atom. The van der Waals surface area contributed by atoms with E-state index in [0.29, 0.717) is 5.69 Å². The van der Waals surface area contributed by atoms with E-state index < -0.39 is 11.0 Å². The van der Waals surface area contributed by atoms with Crippen LogP contribution in [-0.2, 0) is 0 Å². The normalized spacial score (nSPS) is 9.89. The third-order valence-electron chi connectivity index (χ3n) is 2.37. The lowest BCUT2D eigenvalue weighted by Gasteiger charge is -2.17. The minimum Gasteiger partial charge on any atom is -0.464 e. The van der Waals surface area contributed by atoms with E-state index in [1.807, 2.05) is 0 Å². The number of benzene rings is 1. The Kier molecular flexibility index (Phi) is 3.37. The highest BCUT2D eigenvalue weighted by atomic mass is 16.6. The van der Waals surface area contributed by atoms with Crippen molar-refractivity contribution in [3.05, 3.63) is 58.8 Å². The second kappa shape index (κ2) is 5.13. The zero-order chi connectivity index (χ0) is 13.8. The molecule has 0 atom stereocenters. The fourth-order valence-electron chi connectivity index (χ4n) is 1.56. The third-order valence-corrected chi connectivity index (χ3v) is 2.37. The monoisotopic (exact) mass is 259 g/mol. The van der Waals surface area contributed by atoms with Gasteiger partial charge < -0.3 is 5.11 Å².